The van der Waals surface area contributed by atoms with E-state index in [0.29, 0.717) is 35.9 Å². The molecule has 1 aromatic rings. The molecule has 0 saturated carbocycles. The number of aliphatic imine (C=N–C) groups is 1. The number of amidine groups is 1. The van der Waals surface area contributed by atoms with Gasteiger partial charge in [-0.25, -0.2) is 4.99 Å². The average Bonchev–Trinajstić information content (AvgIpc) is 2.88. The van der Waals surface area contributed by atoms with Crippen molar-refractivity contribution in [3.63, 3.8) is 0 Å². The quantitative estimate of drug-likeness (QED) is 0.644. The fourth-order valence-corrected chi connectivity index (χ4v) is 1.98. The van der Waals surface area contributed by atoms with Crippen LogP contribution in [0.5, 0.6) is 0 Å². The van der Waals surface area contributed by atoms with E-state index >= 15 is 0 Å². The molecule has 1 N–H and O–H groups in total. The second kappa shape index (κ2) is 8.74. The molecular formula is C15H24N2O2S. The van der Waals surface area contributed by atoms with Crippen LogP contribution in [0.2, 0.25) is 0 Å². The molecule has 1 heterocycles. The van der Waals surface area contributed by atoms with Gasteiger partial charge in [0.1, 0.15) is 0 Å². The molecule has 0 aromatic carbocycles. The van der Waals surface area contributed by atoms with Crippen molar-refractivity contribution in [2.24, 2.45) is 16.8 Å². The molecule has 4 nitrogen and oxygen atoms in total. The molecule has 0 radical (unpaired) electrons. The molecule has 0 bridgehead atoms. The smallest absolute Gasteiger partial charge is 0.291 e. The maximum absolute atomic E-state index is 12.0. The van der Waals surface area contributed by atoms with Crippen LogP contribution in [0, 0.1) is 11.8 Å². The van der Waals surface area contributed by atoms with Gasteiger partial charge in [-0.3, -0.25) is 10.1 Å². The van der Waals surface area contributed by atoms with Crippen molar-refractivity contribution in [1.82, 2.24) is 5.32 Å². The zero-order chi connectivity index (χ0) is 15.0. The standard InChI is InChI=1S/C15H24N2O2S/c1-11(2)7-8-16-15(19-10-12(3)4)17-14(18)13-6-5-9-20-13/h5-6,9,11-12H,7-8,10H2,1-4H3,(H,16,17,18). The Labute approximate surface area is 125 Å². The van der Waals surface area contributed by atoms with E-state index in [1.807, 2.05) is 11.4 Å². The van der Waals surface area contributed by atoms with Crippen LogP contribution < -0.4 is 5.32 Å². The van der Waals surface area contributed by atoms with Gasteiger partial charge in [0.05, 0.1) is 11.5 Å². The van der Waals surface area contributed by atoms with Gasteiger partial charge >= 0.3 is 0 Å². The lowest BCUT2D eigenvalue weighted by atomic mass is 10.1. The lowest BCUT2D eigenvalue weighted by molar-refractivity contribution is 0.0967. The number of rotatable bonds is 6. The molecule has 0 aliphatic rings. The Bertz CT molecular complexity index is 425. The Balaban J connectivity index is 2.59. The SMILES string of the molecule is CC(C)CCN=C(NC(=O)c1cccs1)OCC(C)C. The highest BCUT2D eigenvalue weighted by Gasteiger charge is 2.11. The van der Waals surface area contributed by atoms with Crippen LogP contribution in [0.3, 0.4) is 0 Å². The Morgan fingerprint density at radius 3 is 2.65 bits per heavy atom. The first-order chi connectivity index (χ1) is 9.49. The largest absolute Gasteiger partial charge is 0.465 e. The molecule has 0 atom stereocenters. The molecule has 112 valence electrons. The van der Waals surface area contributed by atoms with E-state index < -0.39 is 0 Å². The van der Waals surface area contributed by atoms with E-state index in [1.54, 1.807) is 6.07 Å². The minimum Gasteiger partial charge on any atom is -0.465 e. The first kappa shape index (κ1) is 16.7. The maximum atomic E-state index is 12.0. The third kappa shape index (κ3) is 6.70. The van der Waals surface area contributed by atoms with Gasteiger partial charge in [-0.1, -0.05) is 33.8 Å². The summed E-state index contributed by atoms with van der Waals surface area (Å²) in [4.78, 5) is 17.0. The van der Waals surface area contributed by atoms with E-state index in [-0.39, 0.29) is 5.91 Å². The Morgan fingerprint density at radius 2 is 2.10 bits per heavy atom. The number of hydrogen-bond donors (Lipinski definition) is 1. The molecule has 0 saturated heterocycles. The topological polar surface area (TPSA) is 50.7 Å². The second-order valence-corrected chi connectivity index (χ2v) is 6.45. The van der Waals surface area contributed by atoms with Gasteiger partial charge in [-0.2, -0.15) is 0 Å². The monoisotopic (exact) mass is 296 g/mol. The van der Waals surface area contributed by atoms with Crippen LogP contribution in [0.4, 0.5) is 0 Å². The summed E-state index contributed by atoms with van der Waals surface area (Å²) in [5, 5.41) is 4.62. The summed E-state index contributed by atoms with van der Waals surface area (Å²) in [5.41, 5.74) is 0. The zero-order valence-corrected chi connectivity index (χ0v) is 13.5. The summed E-state index contributed by atoms with van der Waals surface area (Å²) >= 11 is 1.40. The minimum absolute atomic E-state index is 0.160. The van der Waals surface area contributed by atoms with Crippen molar-refractivity contribution in [2.75, 3.05) is 13.2 Å². The molecule has 0 spiro atoms. The highest BCUT2D eigenvalue weighted by atomic mass is 32.1. The lowest BCUT2D eigenvalue weighted by Crippen LogP contribution is -2.33. The van der Waals surface area contributed by atoms with E-state index in [2.05, 4.69) is 38.0 Å². The zero-order valence-electron chi connectivity index (χ0n) is 12.7. The third-order valence-electron chi connectivity index (χ3n) is 2.48. The fraction of sp³-hybridized carbons (Fsp3) is 0.600. The van der Waals surface area contributed by atoms with E-state index in [4.69, 9.17) is 4.74 Å². The van der Waals surface area contributed by atoms with E-state index in [0.717, 1.165) is 6.42 Å². The predicted molar refractivity (Wildman–Crippen MR) is 84.3 cm³/mol. The third-order valence-corrected chi connectivity index (χ3v) is 3.35. The Morgan fingerprint density at radius 1 is 1.35 bits per heavy atom. The summed E-state index contributed by atoms with van der Waals surface area (Å²) in [6, 6.07) is 3.97. The van der Waals surface area contributed by atoms with Gasteiger partial charge in [-0.05, 0) is 29.7 Å². The van der Waals surface area contributed by atoms with Crippen LogP contribution in [0.25, 0.3) is 0 Å². The molecule has 1 amide bonds. The first-order valence-corrected chi connectivity index (χ1v) is 7.89. The van der Waals surface area contributed by atoms with Gasteiger partial charge in [0.15, 0.2) is 0 Å². The number of hydrogen-bond acceptors (Lipinski definition) is 4. The van der Waals surface area contributed by atoms with Crippen molar-refractivity contribution < 1.29 is 9.53 Å². The van der Waals surface area contributed by atoms with Gasteiger partial charge in [0.25, 0.3) is 11.9 Å². The molecule has 0 fully saturated rings. The van der Waals surface area contributed by atoms with Gasteiger partial charge < -0.3 is 4.74 Å². The normalized spacial score (nSPS) is 12.0. The van der Waals surface area contributed by atoms with Crippen molar-refractivity contribution in [3.8, 4) is 0 Å². The summed E-state index contributed by atoms with van der Waals surface area (Å²) in [6.45, 7) is 9.63. The average molecular weight is 296 g/mol. The number of nitrogens with one attached hydrogen (secondary N) is 1. The summed E-state index contributed by atoms with van der Waals surface area (Å²) < 4.78 is 5.58. The second-order valence-electron chi connectivity index (χ2n) is 5.51. The summed E-state index contributed by atoms with van der Waals surface area (Å²) in [7, 11) is 0. The van der Waals surface area contributed by atoms with Crippen LogP contribution in [0.15, 0.2) is 22.5 Å². The first-order valence-electron chi connectivity index (χ1n) is 7.01. The summed E-state index contributed by atoms with van der Waals surface area (Å²) in [5.74, 6) is 0.814. The molecule has 5 heteroatoms. The number of carbonyl (C=O) groups excluding carboxylic acids is 1. The molecule has 0 aliphatic heterocycles. The van der Waals surface area contributed by atoms with E-state index in [1.165, 1.54) is 11.3 Å². The van der Waals surface area contributed by atoms with Crippen LogP contribution >= 0.6 is 11.3 Å². The van der Waals surface area contributed by atoms with Crippen LogP contribution in [-0.4, -0.2) is 25.1 Å². The van der Waals surface area contributed by atoms with Gasteiger partial charge in [-0.15, -0.1) is 11.3 Å². The van der Waals surface area contributed by atoms with Crippen LogP contribution in [-0.2, 0) is 4.74 Å². The molecular weight excluding hydrogens is 272 g/mol. The Kier molecular flexibility index (Phi) is 7.30. The Hall–Kier alpha value is -1.36. The van der Waals surface area contributed by atoms with Crippen molar-refractivity contribution in [2.45, 2.75) is 34.1 Å². The lowest BCUT2D eigenvalue weighted by Gasteiger charge is -2.12. The van der Waals surface area contributed by atoms with Gasteiger partial charge in [0, 0.05) is 6.54 Å². The maximum Gasteiger partial charge on any atom is 0.291 e. The van der Waals surface area contributed by atoms with Crippen molar-refractivity contribution >= 4 is 23.3 Å². The molecule has 1 rings (SSSR count). The minimum atomic E-state index is -0.160. The fourth-order valence-electron chi connectivity index (χ4n) is 1.36. The van der Waals surface area contributed by atoms with Crippen molar-refractivity contribution in [3.05, 3.63) is 22.4 Å². The number of thiophene rings is 1. The highest BCUT2D eigenvalue weighted by molar-refractivity contribution is 7.12. The number of ether oxygens (including phenoxy) is 1. The highest BCUT2D eigenvalue weighted by Crippen LogP contribution is 2.08. The van der Waals surface area contributed by atoms with E-state index in [9.17, 15) is 4.79 Å². The molecule has 0 unspecified atom stereocenters. The van der Waals surface area contributed by atoms with Gasteiger partial charge in [0.2, 0.25) is 0 Å². The number of amides is 1. The number of carbonyl (C=O) groups is 1. The summed E-state index contributed by atoms with van der Waals surface area (Å²) in [6.07, 6.45) is 0.976. The predicted octanol–water partition coefficient (Wildman–Crippen LogP) is 3.55. The molecule has 1 aromatic heterocycles. The van der Waals surface area contributed by atoms with Crippen molar-refractivity contribution in [1.29, 1.82) is 0 Å². The van der Waals surface area contributed by atoms with Crippen LogP contribution in [0.1, 0.15) is 43.8 Å². The number of nitrogens with zero attached hydrogens (tertiary/aromatic N) is 1. The molecule has 20 heavy (non-hydrogen) atoms. The molecule has 0 aliphatic carbocycles.